The summed E-state index contributed by atoms with van der Waals surface area (Å²) in [5, 5.41) is 11.8. The van der Waals surface area contributed by atoms with E-state index in [1.54, 1.807) is 16.8 Å². The van der Waals surface area contributed by atoms with Crippen molar-refractivity contribution in [2.75, 3.05) is 33.2 Å². The van der Waals surface area contributed by atoms with Gasteiger partial charge in [-0.1, -0.05) is 34.6 Å². The van der Waals surface area contributed by atoms with Gasteiger partial charge in [0.15, 0.2) is 0 Å². The number of nitrogens with zero attached hydrogens (tertiary/aromatic N) is 3. The summed E-state index contributed by atoms with van der Waals surface area (Å²) in [5.74, 6) is -0.167. The fourth-order valence-corrected chi connectivity index (χ4v) is 4.77. The van der Waals surface area contributed by atoms with E-state index in [9.17, 15) is 19.5 Å². The van der Waals surface area contributed by atoms with Crippen molar-refractivity contribution >= 4 is 18.0 Å². The van der Waals surface area contributed by atoms with Crippen LogP contribution in [-0.2, 0) is 4.79 Å². The Morgan fingerprint density at radius 1 is 1.11 bits per heavy atom. The monoisotopic (exact) mass is 396 g/mol. The molecule has 28 heavy (non-hydrogen) atoms. The van der Waals surface area contributed by atoms with Gasteiger partial charge in [-0.25, -0.2) is 9.59 Å². The normalized spacial score (nSPS) is 20.5. The lowest BCUT2D eigenvalue weighted by Gasteiger charge is -2.42. The lowest BCUT2D eigenvalue weighted by atomic mass is 9.71. The van der Waals surface area contributed by atoms with Gasteiger partial charge in [-0.3, -0.25) is 4.79 Å². The second-order valence-corrected chi connectivity index (χ2v) is 10.1. The molecule has 8 heteroatoms. The predicted molar refractivity (Wildman–Crippen MR) is 107 cm³/mol. The zero-order chi connectivity index (χ0) is 21.3. The van der Waals surface area contributed by atoms with Crippen LogP contribution in [0.15, 0.2) is 0 Å². The highest BCUT2D eigenvalue weighted by Gasteiger charge is 2.42. The van der Waals surface area contributed by atoms with E-state index in [1.807, 2.05) is 18.7 Å². The largest absolute Gasteiger partial charge is 0.465 e. The van der Waals surface area contributed by atoms with Gasteiger partial charge in [0.25, 0.3) is 0 Å². The van der Waals surface area contributed by atoms with Crippen LogP contribution in [0, 0.1) is 10.8 Å². The molecule has 0 saturated carbocycles. The van der Waals surface area contributed by atoms with E-state index in [1.165, 1.54) is 0 Å². The van der Waals surface area contributed by atoms with Gasteiger partial charge in [-0.15, -0.1) is 0 Å². The molecule has 0 aromatic heterocycles. The molecule has 0 aromatic rings. The van der Waals surface area contributed by atoms with Gasteiger partial charge in [0, 0.05) is 39.3 Å². The number of carboxylic acid groups (broad SMARTS) is 1. The number of amides is 4. The molecular formula is C20H36N4O4. The summed E-state index contributed by atoms with van der Waals surface area (Å²) in [7, 11) is 1.81. The molecule has 0 spiro atoms. The SMILES string of the molecule is CN1CCN(C2CCN(C(=O)[C@H](NC(=O)O)C(C)(C)CC(C)(C)C)CC2)C1=O. The topological polar surface area (TPSA) is 93.2 Å². The molecule has 2 aliphatic rings. The van der Waals surface area contributed by atoms with Crippen LogP contribution in [0.5, 0.6) is 0 Å². The van der Waals surface area contributed by atoms with Crippen LogP contribution in [0.1, 0.15) is 53.9 Å². The molecule has 0 aromatic carbocycles. The Morgan fingerprint density at radius 2 is 1.68 bits per heavy atom. The van der Waals surface area contributed by atoms with E-state index < -0.39 is 17.6 Å². The van der Waals surface area contributed by atoms with Crippen molar-refractivity contribution in [1.29, 1.82) is 0 Å². The molecule has 0 bridgehead atoms. The van der Waals surface area contributed by atoms with Crippen LogP contribution in [0.3, 0.4) is 0 Å². The number of urea groups is 1. The molecule has 0 radical (unpaired) electrons. The van der Waals surface area contributed by atoms with Crippen LogP contribution < -0.4 is 5.32 Å². The smallest absolute Gasteiger partial charge is 0.405 e. The summed E-state index contributed by atoms with van der Waals surface area (Å²) in [6.45, 7) is 12.7. The van der Waals surface area contributed by atoms with Crippen LogP contribution in [-0.4, -0.2) is 83.1 Å². The van der Waals surface area contributed by atoms with Crippen molar-refractivity contribution in [3.63, 3.8) is 0 Å². The number of nitrogens with one attached hydrogen (secondary N) is 1. The van der Waals surface area contributed by atoms with Crippen molar-refractivity contribution in [3.8, 4) is 0 Å². The summed E-state index contributed by atoms with van der Waals surface area (Å²) in [6, 6.07) is -0.586. The summed E-state index contributed by atoms with van der Waals surface area (Å²) < 4.78 is 0. The Hall–Kier alpha value is -1.99. The van der Waals surface area contributed by atoms with Gasteiger partial charge in [0.2, 0.25) is 5.91 Å². The number of carbonyl (C=O) groups excluding carboxylic acids is 2. The molecule has 8 nitrogen and oxygen atoms in total. The van der Waals surface area contributed by atoms with E-state index in [2.05, 4.69) is 26.1 Å². The highest BCUT2D eigenvalue weighted by atomic mass is 16.4. The molecule has 2 fully saturated rings. The number of likely N-dealkylation sites (tertiary alicyclic amines) is 1. The number of likely N-dealkylation sites (N-methyl/N-ethyl adjacent to an activating group) is 1. The summed E-state index contributed by atoms with van der Waals surface area (Å²) in [4.78, 5) is 42.2. The number of rotatable bonds is 5. The first-order chi connectivity index (χ1) is 12.8. The van der Waals surface area contributed by atoms with E-state index >= 15 is 0 Å². The maximum Gasteiger partial charge on any atom is 0.405 e. The minimum absolute atomic E-state index is 0.0304. The molecule has 0 unspecified atom stereocenters. The molecule has 2 rings (SSSR count). The Kier molecular flexibility index (Phi) is 6.51. The summed E-state index contributed by atoms with van der Waals surface area (Å²) in [6.07, 6.45) is 0.984. The van der Waals surface area contributed by atoms with Gasteiger partial charge in [-0.2, -0.15) is 0 Å². The minimum atomic E-state index is -1.18. The third-order valence-electron chi connectivity index (χ3n) is 5.75. The van der Waals surface area contributed by atoms with Gasteiger partial charge in [-0.05, 0) is 30.1 Å². The number of hydrogen-bond acceptors (Lipinski definition) is 3. The van der Waals surface area contributed by atoms with Crippen molar-refractivity contribution < 1.29 is 19.5 Å². The fourth-order valence-electron chi connectivity index (χ4n) is 4.77. The second-order valence-electron chi connectivity index (χ2n) is 10.1. The van der Waals surface area contributed by atoms with Crippen LogP contribution in [0.2, 0.25) is 0 Å². The Bertz CT molecular complexity index is 606. The number of hydrogen-bond donors (Lipinski definition) is 2. The maximum absolute atomic E-state index is 13.2. The lowest BCUT2D eigenvalue weighted by Crippen LogP contribution is -2.58. The van der Waals surface area contributed by atoms with Crippen molar-refractivity contribution in [2.45, 2.75) is 66.0 Å². The number of carbonyl (C=O) groups is 3. The highest BCUT2D eigenvalue weighted by Crippen LogP contribution is 2.37. The molecule has 1 atom stereocenters. The second kappa shape index (κ2) is 8.17. The Morgan fingerprint density at radius 3 is 2.11 bits per heavy atom. The van der Waals surface area contributed by atoms with Crippen LogP contribution in [0.25, 0.3) is 0 Å². The predicted octanol–water partition coefficient (Wildman–Crippen LogP) is 2.44. The van der Waals surface area contributed by atoms with E-state index in [0.29, 0.717) is 19.5 Å². The van der Waals surface area contributed by atoms with Gasteiger partial charge < -0.3 is 25.1 Å². The molecule has 2 heterocycles. The van der Waals surface area contributed by atoms with E-state index in [-0.39, 0.29) is 23.4 Å². The van der Waals surface area contributed by atoms with Crippen LogP contribution >= 0.6 is 0 Å². The average molecular weight is 397 g/mol. The van der Waals surface area contributed by atoms with Crippen molar-refractivity contribution in [2.24, 2.45) is 10.8 Å². The third kappa shape index (κ3) is 5.29. The standard InChI is InChI=1S/C20H36N4O4/c1-19(2,3)13-20(4,5)15(21-17(26)27)16(25)23-9-7-14(8-10-23)24-12-11-22(6)18(24)28/h14-15,21H,7-13H2,1-6H3,(H,26,27)/t15-/m0/s1. The summed E-state index contributed by atoms with van der Waals surface area (Å²) >= 11 is 0. The third-order valence-corrected chi connectivity index (χ3v) is 5.75. The molecular weight excluding hydrogens is 360 g/mol. The quantitative estimate of drug-likeness (QED) is 0.746. The first kappa shape index (κ1) is 22.3. The molecule has 2 aliphatic heterocycles. The van der Waals surface area contributed by atoms with Crippen molar-refractivity contribution in [1.82, 2.24) is 20.0 Å². The highest BCUT2D eigenvalue weighted by molar-refractivity contribution is 5.86. The molecule has 4 amide bonds. The van der Waals surface area contributed by atoms with Gasteiger partial charge in [0.05, 0.1) is 0 Å². The van der Waals surface area contributed by atoms with Crippen LogP contribution in [0.4, 0.5) is 9.59 Å². The van der Waals surface area contributed by atoms with E-state index in [0.717, 1.165) is 25.9 Å². The molecule has 0 aliphatic carbocycles. The number of piperidine rings is 1. The van der Waals surface area contributed by atoms with Crippen molar-refractivity contribution in [3.05, 3.63) is 0 Å². The molecule has 2 N–H and O–H groups in total. The molecule has 160 valence electrons. The van der Waals surface area contributed by atoms with Gasteiger partial charge >= 0.3 is 12.1 Å². The van der Waals surface area contributed by atoms with Gasteiger partial charge in [0.1, 0.15) is 6.04 Å². The fraction of sp³-hybridized carbons (Fsp3) is 0.850. The minimum Gasteiger partial charge on any atom is -0.465 e. The first-order valence-electron chi connectivity index (χ1n) is 10.1. The summed E-state index contributed by atoms with van der Waals surface area (Å²) in [5.41, 5.74) is -0.546. The zero-order valence-corrected chi connectivity index (χ0v) is 18.1. The zero-order valence-electron chi connectivity index (χ0n) is 18.1. The Labute approximate surface area is 168 Å². The van der Waals surface area contributed by atoms with E-state index in [4.69, 9.17) is 0 Å². The molecule has 2 saturated heterocycles. The average Bonchev–Trinajstić information content (AvgIpc) is 2.89. The Balaban J connectivity index is 2.05. The first-order valence-corrected chi connectivity index (χ1v) is 10.1. The lowest BCUT2D eigenvalue weighted by molar-refractivity contribution is -0.138. The maximum atomic E-state index is 13.2.